The van der Waals surface area contributed by atoms with Gasteiger partial charge in [-0.15, -0.1) is 0 Å². The predicted molar refractivity (Wildman–Crippen MR) is 68.3 cm³/mol. The van der Waals surface area contributed by atoms with Gasteiger partial charge in [-0.1, -0.05) is 48.6 Å². The highest BCUT2D eigenvalue weighted by Gasteiger charge is 1.85. The number of benzene rings is 1. The topological polar surface area (TPSA) is 9.23 Å². The SMILES string of the molecule is CC/C=C\COCC#Cc1ccc(C)cc1. The van der Waals surface area contributed by atoms with Gasteiger partial charge in [0.25, 0.3) is 0 Å². The summed E-state index contributed by atoms with van der Waals surface area (Å²) in [4.78, 5) is 0. The normalized spacial score (nSPS) is 10.1. The molecule has 0 amide bonds. The number of ether oxygens (including phenoxy) is 1. The van der Waals surface area contributed by atoms with Crippen LogP contribution in [0.2, 0.25) is 0 Å². The molecule has 0 N–H and O–H groups in total. The minimum Gasteiger partial charge on any atom is -0.365 e. The number of hydrogen-bond acceptors (Lipinski definition) is 1. The first-order valence-electron chi connectivity index (χ1n) is 5.61. The number of aryl methyl sites for hydroxylation is 1. The van der Waals surface area contributed by atoms with Gasteiger partial charge in [0.2, 0.25) is 0 Å². The van der Waals surface area contributed by atoms with Crippen LogP contribution in [-0.4, -0.2) is 13.2 Å². The molecule has 1 aromatic rings. The Morgan fingerprint density at radius 3 is 2.62 bits per heavy atom. The molecular formula is C15H18O. The van der Waals surface area contributed by atoms with Gasteiger partial charge in [-0.3, -0.25) is 0 Å². The van der Waals surface area contributed by atoms with Crippen molar-refractivity contribution in [2.75, 3.05) is 13.2 Å². The van der Waals surface area contributed by atoms with E-state index in [1.165, 1.54) is 5.56 Å². The third-order valence-electron chi connectivity index (χ3n) is 2.07. The Hall–Kier alpha value is -1.52. The summed E-state index contributed by atoms with van der Waals surface area (Å²) in [5.41, 5.74) is 2.30. The maximum absolute atomic E-state index is 5.32. The van der Waals surface area contributed by atoms with E-state index in [2.05, 4.69) is 43.9 Å². The lowest BCUT2D eigenvalue weighted by atomic mass is 10.2. The summed E-state index contributed by atoms with van der Waals surface area (Å²) < 4.78 is 5.32. The van der Waals surface area contributed by atoms with Crippen LogP contribution in [0.15, 0.2) is 36.4 Å². The van der Waals surface area contributed by atoms with Gasteiger partial charge in [0.15, 0.2) is 0 Å². The molecule has 0 aliphatic heterocycles. The van der Waals surface area contributed by atoms with Crippen LogP contribution < -0.4 is 0 Å². The molecule has 16 heavy (non-hydrogen) atoms. The van der Waals surface area contributed by atoms with Crippen LogP contribution in [0.25, 0.3) is 0 Å². The molecule has 0 unspecified atom stereocenters. The minimum atomic E-state index is 0.488. The Morgan fingerprint density at radius 1 is 1.19 bits per heavy atom. The van der Waals surface area contributed by atoms with Crippen molar-refractivity contribution in [3.8, 4) is 11.8 Å². The van der Waals surface area contributed by atoms with E-state index in [-0.39, 0.29) is 0 Å². The van der Waals surface area contributed by atoms with Crippen LogP contribution >= 0.6 is 0 Å². The van der Waals surface area contributed by atoms with E-state index in [1.807, 2.05) is 18.2 Å². The minimum absolute atomic E-state index is 0.488. The number of hydrogen-bond donors (Lipinski definition) is 0. The van der Waals surface area contributed by atoms with Gasteiger partial charge in [0.05, 0.1) is 6.61 Å². The zero-order chi connectivity index (χ0) is 11.6. The zero-order valence-electron chi connectivity index (χ0n) is 9.99. The van der Waals surface area contributed by atoms with Crippen molar-refractivity contribution in [3.63, 3.8) is 0 Å². The van der Waals surface area contributed by atoms with Crippen LogP contribution in [0, 0.1) is 18.8 Å². The Labute approximate surface area is 98.1 Å². The van der Waals surface area contributed by atoms with Gasteiger partial charge < -0.3 is 4.74 Å². The van der Waals surface area contributed by atoms with Crippen LogP contribution in [0.5, 0.6) is 0 Å². The van der Waals surface area contributed by atoms with Crippen molar-refractivity contribution in [3.05, 3.63) is 47.5 Å². The molecule has 0 aliphatic carbocycles. The lowest BCUT2D eigenvalue weighted by Gasteiger charge is -1.93. The Bertz CT molecular complexity index is 376. The average Bonchev–Trinajstić information content (AvgIpc) is 2.30. The average molecular weight is 214 g/mol. The Morgan fingerprint density at radius 2 is 1.94 bits per heavy atom. The predicted octanol–water partition coefficient (Wildman–Crippen LogP) is 3.33. The molecule has 1 rings (SSSR count). The highest BCUT2D eigenvalue weighted by Crippen LogP contribution is 2.00. The van der Waals surface area contributed by atoms with Crippen molar-refractivity contribution in [1.82, 2.24) is 0 Å². The summed E-state index contributed by atoms with van der Waals surface area (Å²) in [7, 11) is 0. The molecule has 0 atom stereocenters. The van der Waals surface area contributed by atoms with Crippen molar-refractivity contribution in [2.24, 2.45) is 0 Å². The van der Waals surface area contributed by atoms with E-state index >= 15 is 0 Å². The first-order chi connectivity index (χ1) is 7.83. The maximum atomic E-state index is 5.32. The summed E-state index contributed by atoms with van der Waals surface area (Å²) in [6.45, 7) is 5.31. The zero-order valence-corrected chi connectivity index (χ0v) is 9.99. The van der Waals surface area contributed by atoms with E-state index in [1.54, 1.807) is 0 Å². The highest BCUT2D eigenvalue weighted by atomic mass is 16.5. The van der Waals surface area contributed by atoms with Crippen molar-refractivity contribution in [1.29, 1.82) is 0 Å². The number of allylic oxidation sites excluding steroid dienone is 1. The molecule has 0 heterocycles. The molecule has 0 aliphatic rings. The second kappa shape index (κ2) is 7.73. The van der Waals surface area contributed by atoms with E-state index in [4.69, 9.17) is 4.74 Å². The Kier molecular flexibility index (Phi) is 6.06. The molecule has 84 valence electrons. The van der Waals surface area contributed by atoms with Crippen molar-refractivity contribution in [2.45, 2.75) is 20.3 Å². The van der Waals surface area contributed by atoms with Gasteiger partial charge in [0.1, 0.15) is 6.61 Å². The fourth-order valence-corrected chi connectivity index (χ4v) is 1.19. The lowest BCUT2D eigenvalue weighted by molar-refractivity contribution is 0.199. The van der Waals surface area contributed by atoms with Crippen LogP contribution in [0.4, 0.5) is 0 Å². The standard InChI is InChI=1S/C15H18O/c1-3-4-5-12-16-13-6-7-15-10-8-14(2)9-11-15/h4-5,8-11H,3,12-13H2,1-2H3/b5-4-. The smallest absolute Gasteiger partial charge is 0.108 e. The molecule has 0 fully saturated rings. The summed E-state index contributed by atoms with van der Waals surface area (Å²) in [6, 6.07) is 8.18. The first kappa shape index (κ1) is 12.5. The third-order valence-corrected chi connectivity index (χ3v) is 2.07. The summed E-state index contributed by atoms with van der Waals surface area (Å²) >= 11 is 0. The molecule has 0 aromatic heterocycles. The van der Waals surface area contributed by atoms with Gasteiger partial charge >= 0.3 is 0 Å². The second-order valence-corrected chi connectivity index (χ2v) is 3.56. The molecule has 1 aromatic carbocycles. The highest BCUT2D eigenvalue weighted by molar-refractivity contribution is 5.35. The molecule has 0 saturated carbocycles. The Balaban J connectivity index is 2.27. The molecule has 0 radical (unpaired) electrons. The van der Waals surface area contributed by atoms with E-state index in [9.17, 15) is 0 Å². The third kappa shape index (κ3) is 5.38. The van der Waals surface area contributed by atoms with Crippen molar-refractivity contribution < 1.29 is 4.74 Å². The summed E-state index contributed by atoms with van der Waals surface area (Å²) in [6.07, 6.45) is 5.17. The maximum Gasteiger partial charge on any atom is 0.108 e. The van der Waals surface area contributed by atoms with Gasteiger partial charge in [-0.2, -0.15) is 0 Å². The molecule has 0 bridgehead atoms. The summed E-state index contributed by atoms with van der Waals surface area (Å²) in [5.74, 6) is 6.06. The van der Waals surface area contributed by atoms with E-state index < -0.39 is 0 Å². The van der Waals surface area contributed by atoms with Crippen LogP contribution in [0.3, 0.4) is 0 Å². The molecule has 1 heteroatoms. The van der Waals surface area contributed by atoms with Gasteiger partial charge in [0, 0.05) is 5.56 Å². The lowest BCUT2D eigenvalue weighted by Crippen LogP contribution is -1.90. The summed E-state index contributed by atoms with van der Waals surface area (Å²) in [5, 5.41) is 0. The number of rotatable bonds is 4. The van der Waals surface area contributed by atoms with Crippen LogP contribution in [-0.2, 0) is 4.74 Å². The van der Waals surface area contributed by atoms with Crippen LogP contribution in [0.1, 0.15) is 24.5 Å². The van der Waals surface area contributed by atoms with E-state index in [0.29, 0.717) is 13.2 Å². The van der Waals surface area contributed by atoms with Gasteiger partial charge in [-0.25, -0.2) is 0 Å². The largest absolute Gasteiger partial charge is 0.365 e. The molecular weight excluding hydrogens is 196 g/mol. The molecule has 0 saturated heterocycles. The monoisotopic (exact) mass is 214 g/mol. The molecule has 0 spiro atoms. The quantitative estimate of drug-likeness (QED) is 0.424. The van der Waals surface area contributed by atoms with E-state index in [0.717, 1.165) is 12.0 Å². The fraction of sp³-hybridized carbons (Fsp3) is 0.333. The van der Waals surface area contributed by atoms with Gasteiger partial charge in [-0.05, 0) is 25.5 Å². The fourth-order valence-electron chi connectivity index (χ4n) is 1.19. The first-order valence-corrected chi connectivity index (χ1v) is 5.61. The van der Waals surface area contributed by atoms with Crippen molar-refractivity contribution >= 4 is 0 Å². The molecule has 1 nitrogen and oxygen atoms in total. The second-order valence-electron chi connectivity index (χ2n) is 3.56.